The van der Waals surface area contributed by atoms with E-state index in [-0.39, 0.29) is 11.4 Å². The minimum Gasteiger partial charge on any atom is -0.398 e. The van der Waals surface area contributed by atoms with Crippen LogP contribution in [-0.2, 0) is 4.84 Å². The summed E-state index contributed by atoms with van der Waals surface area (Å²) < 4.78 is 0. The lowest BCUT2D eigenvalue weighted by molar-refractivity contribution is 0.0335. The number of hydroxylamine groups is 1. The van der Waals surface area contributed by atoms with Crippen LogP contribution in [0.25, 0.3) is 0 Å². The second-order valence-electron chi connectivity index (χ2n) is 6.12. The Morgan fingerprint density at radius 1 is 1.52 bits per heavy atom. The topological polar surface area (TPSA) is 80.0 Å². The third-order valence-corrected chi connectivity index (χ3v) is 3.94. The molecule has 23 heavy (non-hydrogen) atoms. The number of nitrogens with zero attached hydrogens (tertiary/aromatic N) is 2. The number of nitrogens with two attached hydrogens (primary N) is 1. The van der Waals surface area contributed by atoms with Crippen LogP contribution in [0.3, 0.4) is 0 Å². The summed E-state index contributed by atoms with van der Waals surface area (Å²) >= 11 is 5.90. The number of hydrogen-bond donors (Lipinski definition) is 2. The van der Waals surface area contributed by atoms with Gasteiger partial charge >= 0.3 is 0 Å². The molecule has 7 heteroatoms. The lowest BCUT2D eigenvalue weighted by Gasteiger charge is -2.20. The van der Waals surface area contributed by atoms with Crippen LogP contribution in [-0.4, -0.2) is 41.9 Å². The molecule has 1 aromatic rings. The molecule has 2 rings (SSSR count). The summed E-state index contributed by atoms with van der Waals surface area (Å²) in [6.45, 7) is 8.50. The predicted octanol–water partition coefficient (Wildman–Crippen LogP) is 2.49. The minimum absolute atomic E-state index is 0.0602. The molecule has 6 nitrogen and oxygen atoms in total. The molecule has 1 amide bonds. The van der Waals surface area contributed by atoms with Gasteiger partial charge in [0.05, 0.1) is 22.9 Å². The van der Waals surface area contributed by atoms with Crippen molar-refractivity contribution in [3.63, 3.8) is 0 Å². The molecule has 1 aromatic carbocycles. The lowest BCUT2D eigenvalue weighted by Crippen LogP contribution is -2.33. The number of amidine groups is 1. The van der Waals surface area contributed by atoms with Crippen LogP contribution in [0.1, 0.15) is 37.6 Å². The monoisotopic (exact) mass is 338 g/mol. The smallest absolute Gasteiger partial charge is 0.274 e. The zero-order valence-electron chi connectivity index (χ0n) is 13.7. The minimum atomic E-state index is -0.354. The van der Waals surface area contributed by atoms with Gasteiger partial charge in [0.2, 0.25) is 0 Å². The SMILES string of the molecule is CCN1CC(C)(C)N=C1CCONC(=O)c1ccc(N)c(Cl)c1. The Morgan fingerprint density at radius 3 is 2.91 bits per heavy atom. The quantitative estimate of drug-likeness (QED) is 0.474. The summed E-state index contributed by atoms with van der Waals surface area (Å²) in [5.41, 5.74) is 8.80. The van der Waals surface area contributed by atoms with Gasteiger partial charge in [-0.05, 0) is 39.0 Å². The van der Waals surface area contributed by atoms with E-state index in [2.05, 4.69) is 36.1 Å². The van der Waals surface area contributed by atoms with Crippen LogP contribution < -0.4 is 11.2 Å². The summed E-state index contributed by atoms with van der Waals surface area (Å²) in [5, 5.41) is 0.346. The van der Waals surface area contributed by atoms with Crippen LogP contribution in [0, 0.1) is 0 Å². The van der Waals surface area contributed by atoms with Crippen molar-refractivity contribution in [3.05, 3.63) is 28.8 Å². The Kier molecular flexibility index (Phi) is 5.49. The molecule has 0 fully saturated rings. The number of carbonyl (C=O) groups excluding carboxylic acids is 1. The summed E-state index contributed by atoms with van der Waals surface area (Å²) in [5.74, 6) is 0.662. The van der Waals surface area contributed by atoms with E-state index >= 15 is 0 Å². The van der Waals surface area contributed by atoms with Gasteiger partial charge in [0, 0.05) is 25.1 Å². The molecule has 0 atom stereocenters. The first-order valence-electron chi connectivity index (χ1n) is 7.63. The predicted molar refractivity (Wildman–Crippen MR) is 92.7 cm³/mol. The van der Waals surface area contributed by atoms with Crippen molar-refractivity contribution >= 4 is 29.0 Å². The Morgan fingerprint density at radius 2 is 2.26 bits per heavy atom. The Balaban J connectivity index is 1.81. The van der Waals surface area contributed by atoms with Crippen molar-refractivity contribution in [1.82, 2.24) is 10.4 Å². The number of hydrogen-bond acceptors (Lipinski definition) is 5. The molecule has 0 bridgehead atoms. The molecule has 0 radical (unpaired) electrons. The molecule has 1 heterocycles. The van der Waals surface area contributed by atoms with Gasteiger partial charge in [-0.25, -0.2) is 5.48 Å². The van der Waals surface area contributed by atoms with Crippen LogP contribution in [0.4, 0.5) is 5.69 Å². The zero-order chi connectivity index (χ0) is 17.0. The number of halogens is 1. The van der Waals surface area contributed by atoms with Gasteiger partial charge in [0.15, 0.2) is 0 Å². The number of aliphatic imine (C=N–C) groups is 1. The van der Waals surface area contributed by atoms with Gasteiger partial charge < -0.3 is 10.6 Å². The molecular formula is C16H23ClN4O2. The summed E-state index contributed by atoms with van der Waals surface area (Å²) in [6.07, 6.45) is 0.653. The molecule has 1 aliphatic heterocycles. The average molecular weight is 339 g/mol. The largest absolute Gasteiger partial charge is 0.398 e. The molecule has 0 aliphatic carbocycles. The van der Waals surface area contributed by atoms with Gasteiger partial charge in [-0.15, -0.1) is 0 Å². The standard InChI is InChI=1S/C16H23ClN4O2/c1-4-21-10-16(2,3)19-14(21)7-8-23-20-15(22)11-5-6-13(18)12(17)9-11/h5-6,9H,4,7-8,10,18H2,1-3H3,(H,20,22). The van der Waals surface area contributed by atoms with Crippen LogP contribution in [0.5, 0.6) is 0 Å². The fourth-order valence-corrected chi connectivity index (χ4v) is 2.69. The van der Waals surface area contributed by atoms with E-state index in [0.717, 1.165) is 18.9 Å². The molecule has 0 unspecified atom stereocenters. The Bertz CT molecular complexity index is 616. The highest BCUT2D eigenvalue weighted by Crippen LogP contribution is 2.21. The highest BCUT2D eigenvalue weighted by atomic mass is 35.5. The number of amides is 1. The number of benzene rings is 1. The maximum Gasteiger partial charge on any atom is 0.274 e. The van der Waals surface area contributed by atoms with Gasteiger partial charge in [0.25, 0.3) is 5.91 Å². The number of likely N-dealkylation sites (N-methyl/N-ethyl adjacent to an activating group) is 1. The Labute approximate surface area is 141 Å². The van der Waals surface area contributed by atoms with Crippen molar-refractivity contribution in [1.29, 1.82) is 0 Å². The number of anilines is 1. The van der Waals surface area contributed by atoms with Crippen molar-refractivity contribution in [2.24, 2.45) is 4.99 Å². The number of nitrogen functional groups attached to an aromatic ring is 1. The summed E-state index contributed by atoms with van der Waals surface area (Å²) in [6, 6.07) is 4.70. The highest BCUT2D eigenvalue weighted by molar-refractivity contribution is 6.33. The first kappa shape index (κ1) is 17.6. The first-order chi connectivity index (χ1) is 10.8. The third-order valence-electron chi connectivity index (χ3n) is 3.61. The average Bonchev–Trinajstić information content (AvgIpc) is 2.80. The lowest BCUT2D eigenvalue weighted by atomic mass is 10.1. The van der Waals surface area contributed by atoms with Gasteiger partial charge in [0.1, 0.15) is 5.84 Å². The summed E-state index contributed by atoms with van der Waals surface area (Å²) in [4.78, 5) is 24.1. The second kappa shape index (κ2) is 7.19. The molecule has 0 saturated heterocycles. The van der Waals surface area contributed by atoms with Gasteiger partial charge in [-0.3, -0.25) is 14.6 Å². The zero-order valence-corrected chi connectivity index (χ0v) is 14.5. The maximum absolute atomic E-state index is 12.0. The van der Waals surface area contributed by atoms with E-state index in [4.69, 9.17) is 22.2 Å². The summed E-state index contributed by atoms with van der Waals surface area (Å²) in [7, 11) is 0. The Hall–Kier alpha value is -1.79. The molecule has 0 saturated carbocycles. The first-order valence-corrected chi connectivity index (χ1v) is 8.01. The number of carbonyl (C=O) groups is 1. The molecule has 126 valence electrons. The second-order valence-corrected chi connectivity index (χ2v) is 6.53. The number of rotatable bonds is 6. The van der Waals surface area contributed by atoms with E-state index in [0.29, 0.717) is 29.3 Å². The fraction of sp³-hybridized carbons (Fsp3) is 0.500. The van der Waals surface area contributed by atoms with Crippen molar-refractivity contribution in [2.45, 2.75) is 32.7 Å². The molecule has 1 aliphatic rings. The molecule has 0 aromatic heterocycles. The van der Waals surface area contributed by atoms with E-state index < -0.39 is 0 Å². The molecule has 0 spiro atoms. The van der Waals surface area contributed by atoms with E-state index in [1.807, 2.05) is 0 Å². The van der Waals surface area contributed by atoms with Crippen LogP contribution in [0.15, 0.2) is 23.2 Å². The normalized spacial score (nSPS) is 16.3. The van der Waals surface area contributed by atoms with Crippen molar-refractivity contribution < 1.29 is 9.63 Å². The molecule has 3 N–H and O–H groups in total. The highest BCUT2D eigenvalue weighted by Gasteiger charge is 2.29. The van der Waals surface area contributed by atoms with E-state index in [9.17, 15) is 4.79 Å². The molecular weight excluding hydrogens is 316 g/mol. The van der Waals surface area contributed by atoms with E-state index in [1.54, 1.807) is 12.1 Å². The maximum atomic E-state index is 12.0. The van der Waals surface area contributed by atoms with Gasteiger partial charge in [-0.1, -0.05) is 11.6 Å². The van der Waals surface area contributed by atoms with Crippen LogP contribution in [0.2, 0.25) is 5.02 Å². The van der Waals surface area contributed by atoms with E-state index in [1.165, 1.54) is 6.07 Å². The number of nitrogens with one attached hydrogen (secondary N) is 1. The van der Waals surface area contributed by atoms with Crippen molar-refractivity contribution in [2.75, 3.05) is 25.4 Å². The third kappa shape index (κ3) is 4.59. The fourth-order valence-electron chi connectivity index (χ4n) is 2.51. The van der Waals surface area contributed by atoms with Crippen molar-refractivity contribution in [3.8, 4) is 0 Å². The van der Waals surface area contributed by atoms with Gasteiger partial charge in [-0.2, -0.15) is 0 Å². The van der Waals surface area contributed by atoms with Crippen LogP contribution >= 0.6 is 11.6 Å².